The van der Waals surface area contributed by atoms with Crippen molar-refractivity contribution in [3.63, 3.8) is 0 Å². The molecule has 1 atom stereocenters. The minimum Gasteiger partial charge on any atom is -0.480 e. The molecule has 1 aliphatic heterocycles. The smallest absolute Gasteiger partial charge is 0.323 e. The molecule has 52 heavy (non-hydrogen) atoms. The molecule has 0 bridgehead atoms. The predicted molar refractivity (Wildman–Crippen MR) is 218 cm³/mol. The Morgan fingerprint density at radius 2 is 0.962 bits per heavy atom. The number of carboxylic acid groups (broad SMARTS) is 1. The van der Waals surface area contributed by atoms with Crippen molar-refractivity contribution in [2.45, 2.75) is 11.7 Å². The zero-order valence-electron chi connectivity index (χ0n) is 28.2. The van der Waals surface area contributed by atoms with Crippen molar-refractivity contribution in [2.75, 3.05) is 16.3 Å². The van der Waals surface area contributed by atoms with Crippen LogP contribution in [0.25, 0.3) is 12.2 Å². The van der Waals surface area contributed by atoms with E-state index in [1.54, 1.807) is 0 Å². The van der Waals surface area contributed by atoms with E-state index in [2.05, 4.69) is 131 Å². The van der Waals surface area contributed by atoms with E-state index < -0.39 is 17.8 Å². The highest BCUT2D eigenvalue weighted by Crippen LogP contribution is 2.37. The number of thioether (sulfide) groups is 1. The zero-order valence-corrected chi connectivity index (χ0v) is 29.8. The van der Waals surface area contributed by atoms with Gasteiger partial charge in [-0.05, 0) is 95.9 Å². The Balaban J connectivity index is 1.07. The first-order valence-electron chi connectivity index (χ1n) is 16.9. The van der Waals surface area contributed by atoms with Crippen LogP contribution < -0.4 is 9.80 Å². The van der Waals surface area contributed by atoms with Gasteiger partial charge in [0.1, 0.15) is 10.9 Å². The number of para-hydroxylation sites is 3. The SMILES string of the molecule is O=C(O)CN1C(=O)C(Cc2ccc(N(c3ccccc3)c3ccc(/C=C/c4ccc(N(c5ccccc5)c5ccccc5)cc4)cc3)cc2)SC1=S. The molecule has 0 saturated carbocycles. The molecular formula is C44H35N3O3S2. The molecule has 1 fully saturated rings. The Labute approximate surface area is 313 Å². The Morgan fingerprint density at radius 1 is 0.596 bits per heavy atom. The summed E-state index contributed by atoms with van der Waals surface area (Å²) in [5.41, 5.74) is 9.48. The molecule has 1 amide bonds. The minimum atomic E-state index is -1.08. The summed E-state index contributed by atoms with van der Waals surface area (Å²) in [7, 11) is 0. The number of hydrogen-bond acceptors (Lipinski definition) is 6. The van der Waals surface area contributed by atoms with Crippen LogP contribution in [0.4, 0.5) is 34.1 Å². The number of thiocarbonyl (C=S) groups is 1. The van der Waals surface area contributed by atoms with Gasteiger partial charge in [0.25, 0.3) is 0 Å². The van der Waals surface area contributed by atoms with E-state index in [0.29, 0.717) is 10.7 Å². The van der Waals surface area contributed by atoms with Gasteiger partial charge in [-0.25, -0.2) is 0 Å². The van der Waals surface area contributed by atoms with E-state index in [-0.39, 0.29) is 5.91 Å². The monoisotopic (exact) mass is 717 g/mol. The fourth-order valence-electron chi connectivity index (χ4n) is 6.19. The van der Waals surface area contributed by atoms with Gasteiger partial charge < -0.3 is 14.9 Å². The lowest BCUT2D eigenvalue weighted by Crippen LogP contribution is -2.36. The molecule has 6 aromatic rings. The second-order valence-electron chi connectivity index (χ2n) is 12.3. The molecule has 0 spiro atoms. The van der Waals surface area contributed by atoms with Crippen LogP contribution in [0, 0.1) is 0 Å². The summed E-state index contributed by atoms with van der Waals surface area (Å²) in [6.07, 6.45) is 4.72. The topological polar surface area (TPSA) is 64.1 Å². The number of hydrogen-bond donors (Lipinski definition) is 1. The fraction of sp³-hybridized carbons (Fsp3) is 0.0682. The lowest BCUT2D eigenvalue weighted by atomic mass is 10.1. The predicted octanol–water partition coefficient (Wildman–Crippen LogP) is 10.7. The number of carbonyl (C=O) groups excluding carboxylic acids is 1. The van der Waals surface area contributed by atoms with Gasteiger partial charge >= 0.3 is 5.97 Å². The third-order valence-electron chi connectivity index (χ3n) is 8.73. The quantitative estimate of drug-likeness (QED) is 0.0999. The number of aliphatic carboxylic acids is 1. The van der Waals surface area contributed by atoms with Crippen molar-refractivity contribution < 1.29 is 14.7 Å². The maximum Gasteiger partial charge on any atom is 0.323 e. The van der Waals surface area contributed by atoms with E-state index in [0.717, 1.165) is 50.8 Å². The average molecular weight is 718 g/mol. The number of anilines is 6. The van der Waals surface area contributed by atoms with Crippen molar-refractivity contribution in [1.82, 2.24) is 4.90 Å². The van der Waals surface area contributed by atoms with Crippen molar-refractivity contribution in [3.05, 3.63) is 180 Å². The van der Waals surface area contributed by atoms with E-state index >= 15 is 0 Å². The second kappa shape index (κ2) is 15.9. The summed E-state index contributed by atoms with van der Waals surface area (Å²) in [5.74, 6) is -1.33. The maximum atomic E-state index is 12.8. The third-order valence-corrected chi connectivity index (χ3v) is 10.3. The van der Waals surface area contributed by atoms with Crippen LogP contribution >= 0.6 is 24.0 Å². The minimum absolute atomic E-state index is 0.253. The maximum absolute atomic E-state index is 12.8. The molecule has 1 heterocycles. The molecule has 0 aromatic heterocycles. The van der Waals surface area contributed by atoms with Gasteiger partial charge in [0.05, 0.1) is 5.25 Å². The molecule has 1 saturated heterocycles. The van der Waals surface area contributed by atoms with Gasteiger partial charge in [-0.1, -0.05) is 127 Å². The van der Waals surface area contributed by atoms with Crippen molar-refractivity contribution in [3.8, 4) is 0 Å². The van der Waals surface area contributed by atoms with Gasteiger partial charge in [0.15, 0.2) is 0 Å². The van der Waals surface area contributed by atoms with Crippen LogP contribution in [0.3, 0.4) is 0 Å². The Morgan fingerprint density at radius 3 is 1.35 bits per heavy atom. The first-order chi connectivity index (χ1) is 25.4. The lowest BCUT2D eigenvalue weighted by molar-refractivity contribution is -0.141. The third kappa shape index (κ3) is 7.99. The van der Waals surface area contributed by atoms with E-state index in [4.69, 9.17) is 17.3 Å². The first-order valence-corrected chi connectivity index (χ1v) is 18.2. The summed E-state index contributed by atoms with van der Waals surface area (Å²) in [6.45, 7) is -0.406. The Kier molecular flexibility index (Phi) is 10.6. The normalized spacial score (nSPS) is 14.2. The highest BCUT2D eigenvalue weighted by molar-refractivity contribution is 8.24. The number of nitrogens with zero attached hydrogens (tertiary/aromatic N) is 3. The summed E-state index contributed by atoms with van der Waals surface area (Å²) in [6, 6.07) is 56.2. The van der Waals surface area contributed by atoms with Crippen molar-refractivity contribution in [1.29, 1.82) is 0 Å². The van der Waals surface area contributed by atoms with Crippen LogP contribution in [0.2, 0.25) is 0 Å². The Bertz CT molecular complexity index is 2140. The molecule has 7 rings (SSSR count). The van der Waals surface area contributed by atoms with E-state index in [1.807, 2.05) is 54.6 Å². The van der Waals surface area contributed by atoms with Crippen LogP contribution in [0.1, 0.15) is 16.7 Å². The van der Waals surface area contributed by atoms with Gasteiger partial charge in [0.2, 0.25) is 5.91 Å². The number of carbonyl (C=O) groups is 2. The van der Waals surface area contributed by atoms with Crippen LogP contribution in [0.5, 0.6) is 0 Å². The van der Waals surface area contributed by atoms with Gasteiger partial charge in [-0.15, -0.1) is 0 Å². The van der Waals surface area contributed by atoms with E-state index in [1.165, 1.54) is 16.7 Å². The van der Waals surface area contributed by atoms with Crippen LogP contribution in [-0.4, -0.2) is 38.0 Å². The van der Waals surface area contributed by atoms with Gasteiger partial charge in [-0.3, -0.25) is 14.5 Å². The molecule has 6 aromatic carbocycles. The van der Waals surface area contributed by atoms with Gasteiger partial charge in [-0.2, -0.15) is 0 Å². The standard InChI is InChI=1S/C44H35N3O3S2/c48-42(49)31-45-43(50)41(52-44(45)51)30-34-22-28-40(29-23-34)47(37-14-8-3-9-15-37)39-26-20-33(21-27-39)17-16-32-18-24-38(25-19-32)46(35-10-4-1-5-11-35)36-12-6-2-7-13-36/h1-29,41H,30-31H2,(H,48,49)/b17-16+. The first kappa shape index (κ1) is 34.5. The molecule has 256 valence electrons. The molecule has 8 heteroatoms. The highest BCUT2D eigenvalue weighted by Gasteiger charge is 2.37. The number of carboxylic acids is 1. The number of amides is 1. The Hall–Kier alpha value is -5.96. The molecule has 0 aliphatic carbocycles. The fourth-order valence-corrected chi connectivity index (χ4v) is 7.72. The average Bonchev–Trinajstić information content (AvgIpc) is 3.44. The second-order valence-corrected chi connectivity index (χ2v) is 14.1. The number of rotatable bonds is 12. The summed E-state index contributed by atoms with van der Waals surface area (Å²) < 4.78 is 0.314. The number of benzene rings is 6. The molecule has 0 radical (unpaired) electrons. The molecule has 1 N–H and O–H groups in total. The molecule has 1 unspecified atom stereocenters. The van der Waals surface area contributed by atoms with E-state index in [9.17, 15) is 9.59 Å². The van der Waals surface area contributed by atoms with Crippen molar-refractivity contribution in [2.24, 2.45) is 0 Å². The molecule has 1 aliphatic rings. The summed E-state index contributed by atoms with van der Waals surface area (Å²) >= 11 is 6.53. The van der Waals surface area contributed by atoms with Crippen molar-refractivity contribution >= 4 is 86.5 Å². The summed E-state index contributed by atoms with van der Waals surface area (Å²) in [4.78, 5) is 29.6. The molecule has 6 nitrogen and oxygen atoms in total. The summed E-state index contributed by atoms with van der Waals surface area (Å²) in [5, 5.41) is 8.73. The van der Waals surface area contributed by atoms with Crippen LogP contribution in [0.15, 0.2) is 164 Å². The van der Waals surface area contributed by atoms with Gasteiger partial charge in [0, 0.05) is 34.1 Å². The highest BCUT2D eigenvalue weighted by atomic mass is 32.2. The lowest BCUT2D eigenvalue weighted by Gasteiger charge is -2.26. The van der Waals surface area contributed by atoms with Crippen LogP contribution in [-0.2, 0) is 16.0 Å². The largest absolute Gasteiger partial charge is 0.480 e. The molecular weight excluding hydrogens is 683 g/mol. The zero-order chi connectivity index (χ0) is 35.9.